The molecule has 4 aliphatic carbocycles. The molecule has 32 heavy (non-hydrogen) atoms. The molecule has 184 valence electrons. The molecule has 0 spiro atoms. The third-order valence-corrected chi connectivity index (χ3v) is 12.1. The third-order valence-electron chi connectivity index (χ3n) is 12.1. The first-order valence-corrected chi connectivity index (χ1v) is 14.5. The van der Waals surface area contributed by atoms with Crippen molar-refractivity contribution in [2.75, 3.05) is 0 Å². The van der Waals surface area contributed by atoms with E-state index in [0.29, 0.717) is 16.7 Å². The van der Waals surface area contributed by atoms with Gasteiger partial charge in [0.15, 0.2) is 0 Å². The van der Waals surface area contributed by atoms with Crippen molar-refractivity contribution in [2.45, 2.75) is 125 Å². The van der Waals surface area contributed by atoms with Gasteiger partial charge in [0.1, 0.15) is 0 Å². The average Bonchev–Trinajstić information content (AvgIpc) is 3.11. The number of fused-ring (bicyclic) bond motifs is 5. The van der Waals surface area contributed by atoms with E-state index in [1.807, 2.05) is 0 Å². The van der Waals surface area contributed by atoms with E-state index >= 15 is 0 Å². The first-order valence-electron chi connectivity index (χ1n) is 14.5. The van der Waals surface area contributed by atoms with Gasteiger partial charge in [-0.05, 0) is 135 Å². The van der Waals surface area contributed by atoms with Crippen molar-refractivity contribution in [2.24, 2.45) is 58.2 Å². The summed E-state index contributed by atoms with van der Waals surface area (Å²) in [6, 6.07) is 0. The van der Waals surface area contributed by atoms with Crippen LogP contribution in [0.5, 0.6) is 0 Å². The van der Waals surface area contributed by atoms with Gasteiger partial charge in [-0.25, -0.2) is 0 Å². The van der Waals surface area contributed by atoms with Crippen LogP contribution in [0.15, 0.2) is 12.2 Å². The second-order valence-electron chi connectivity index (χ2n) is 13.7. The van der Waals surface area contributed by atoms with Gasteiger partial charge < -0.3 is 5.11 Å². The first kappa shape index (κ1) is 24.8. The highest BCUT2D eigenvalue weighted by Gasteiger charge is 2.60. The van der Waals surface area contributed by atoms with Crippen molar-refractivity contribution in [3.63, 3.8) is 0 Å². The molecule has 0 aromatic heterocycles. The molecule has 1 heteroatoms. The van der Waals surface area contributed by atoms with Crippen molar-refractivity contribution in [3.8, 4) is 0 Å². The summed E-state index contributed by atoms with van der Waals surface area (Å²) < 4.78 is 0. The molecule has 0 aromatic rings. The molecule has 0 heterocycles. The summed E-state index contributed by atoms with van der Waals surface area (Å²) in [6.45, 7) is 19.4. The number of rotatable bonds is 7. The standard InChI is InChI=1S/C31H54O/c1-8-23(22(5)20(2)3)10-9-21(4)27-13-14-28-26-12-11-24-19-25(32)15-17-30(24,6)29(26)16-18-31(27,28)7/h20-21,23-29,32H,5,8-19H2,1-4,6-7H3/t21-,23-,24+,25+,26?,27?,28?,29?,30+,31-/m1/s1. The molecule has 4 aliphatic rings. The predicted molar refractivity (Wildman–Crippen MR) is 137 cm³/mol. The van der Waals surface area contributed by atoms with Crippen LogP contribution < -0.4 is 0 Å². The van der Waals surface area contributed by atoms with E-state index in [0.717, 1.165) is 54.3 Å². The molecular weight excluding hydrogens is 388 g/mol. The summed E-state index contributed by atoms with van der Waals surface area (Å²) in [4.78, 5) is 0. The van der Waals surface area contributed by atoms with Gasteiger partial charge >= 0.3 is 0 Å². The lowest BCUT2D eigenvalue weighted by molar-refractivity contribution is -0.129. The van der Waals surface area contributed by atoms with Crippen LogP contribution in [0.1, 0.15) is 119 Å². The van der Waals surface area contributed by atoms with Gasteiger partial charge in [-0.2, -0.15) is 0 Å². The molecule has 10 atom stereocenters. The normalized spacial score (nSPS) is 45.6. The number of hydrogen-bond acceptors (Lipinski definition) is 1. The fourth-order valence-corrected chi connectivity index (χ4v) is 10.00. The molecule has 0 aliphatic heterocycles. The molecule has 0 amide bonds. The molecule has 0 saturated heterocycles. The molecule has 4 rings (SSSR count). The van der Waals surface area contributed by atoms with E-state index < -0.39 is 0 Å². The maximum atomic E-state index is 10.3. The Hall–Kier alpha value is -0.300. The molecular formula is C31H54O. The van der Waals surface area contributed by atoms with Crippen molar-refractivity contribution in [3.05, 3.63) is 12.2 Å². The Morgan fingerprint density at radius 3 is 2.28 bits per heavy atom. The minimum atomic E-state index is -0.0195. The van der Waals surface area contributed by atoms with E-state index in [2.05, 4.69) is 48.1 Å². The van der Waals surface area contributed by atoms with Gasteiger partial charge in [-0.3, -0.25) is 0 Å². The maximum absolute atomic E-state index is 10.3. The second kappa shape index (κ2) is 9.39. The summed E-state index contributed by atoms with van der Waals surface area (Å²) in [5.41, 5.74) is 2.58. The summed E-state index contributed by atoms with van der Waals surface area (Å²) in [7, 11) is 0. The van der Waals surface area contributed by atoms with Crippen LogP contribution in [0, 0.1) is 58.2 Å². The number of allylic oxidation sites excluding steroid dienone is 1. The van der Waals surface area contributed by atoms with Crippen LogP contribution in [0.4, 0.5) is 0 Å². The average molecular weight is 443 g/mol. The minimum absolute atomic E-state index is 0.0195. The van der Waals surface area contributed by atoms with Crippen molar-refractivity contribution in [1.29, 1.82) is 0 Å². The van der Waals surface area contributed by atoms with E-state index in [9.17, 15) is 5.11 Å². The van der Waals surface area contributed by atoms with E-state index in [-0.39, 0.29) is 6.10 Å². The number of hydrogen-bond donors (Lipinski definition) is 1. The van der Waals surface area contributed by atoms with Gasteiger partial charge in [0.25, 0.3) is 0 Å². The lowest BCUT2D eigenvalue weighted by atomic mass is 9.44. The zero-order valence-corrected chi connectivity index (χ0v) is 22.3. The fraction of sp³-hybridized carbons (Fsp3) is 0.935. The smallest absolute Gasteiger partial charge is 0.0543 e. The highest BCUT2D eigenvalue weighted by Crippen LogP contribution is 2.68. The van der Waals surface area contributed by atoms with Crippen molar-refractivity contribution >= 4 is 0 Å². The molecule has 1 N–H and O–H groups in total. The van der Waals surface area contributed by atoms with Crippen LogP contribution in [-0.4, -0.2) is 11.2 Å². The van der Waals surface area contributed by atoms with Gasteiger partial charge in [-0.1, -0.05) is 53.7 Å². The molecule has 4 unspecified atom stereocenters. The molecule has 1 nitrogen and oxygen atoms in total. The largest absolute Gasteiger partial charge is 0.393 e. The lowest BCUT2D eigenvalue weighted by Gasteiger charge is -2.61. The lowest BCUT2D eigenvalue weighted by Crippen LogP contribution is -2.54. The van der Waals surface area contributed by atoms with Crippen LogP contribution in [-0.2, 0) is 0 Å². The molecule has 0 radical (unpaired) electrons. The van der Waals surface area contributed by atoms with Crippen LogP contribution in [0.25, 0.3) is 0 Å². The molecule has 4 fully saturated rings. The zero-order valence-electron chi connectivity index (χ0n) is 22.3. The third kappa shape index (κ3) is 4.16. The predicted octanol–water partition coefficient (Wildman–Crippen LogP) is 8.66. The second-order valence-corrected chi connectivity index (χ2v) is 13.7. The number of aliphatic hydroxyl groups excluding tert-OH is 1. The van der Waals surface area contributed by atoms with Gasteiger partial charge in [-0.15, -0.1) is 0 Å². The Morgan fingerprint density at radius 1 is 0.906 bits per heavy atom. The SMILES string of the molecule is C=C(C(C)C)[C@H](CC)CC[C@@H](C)C1CCC2C3CC[C@H]4C[C@@H](O)CC[C@]4(C)C3CC[C@@]21C. The highest BCUT2D eigenvalue weighted by atomic mass is 16.3. The first-order chi connectivity index (χ1) is 15.1. The Balaban J connectivity index is 1.43. The summed E-state index contributed by atoms with van der Waals surface area (Å²) in [6.07, 6.45) is 16.1. The summed E-state index contributed by atoms with van der Waals surface area (Å²) in [5, 5.41) is 10.3. The quantitative estimate of drug-likeness (QED) is 0.391. The minimum Gasteiger partial charge on any atom is -0.393 e. The van der Waals surface area contributed by atoms with Crippen LogP contribution in [0.2, 0.25) is 0 Å². The maximum Gasteiger partial charge on any atom is 0.0543 e. The van der Waals surface area contributed by atoms with E-state index in [1.165, 1.54) is 69.8 Å². The fourth-order valence-electron chi connectivity index (χ4n) is 10.00. The molecule has 4 saturated carbocycles. The molecule has 0 aromatic carbocycles. The van der Waals surface area contributed by atoms with Crippen LogP contribution in [0.3, 0.4) is 0 Å². The van der Waals surface area contributed by atoms with Gasteiger partial charge in [0, 0.05) is 0 Å². The Bertz CT molecular complexity index is 665. The Kier molecular flexibility index (Phi) is 7.28. The van der Waals surface area contributed by atoms with Gasteiger partial charge in [0.2, 0.25) is 0 Å². The molecule has 0 bridgehead atoms. The Labute approximate surface area is 200 Å². The monoisotopic (exact) mass is 442 g/mol. The summed E-state index contributed by atoms with van der Waals surface area (Å²) >= 11 is 0. The number of aliphatic hydroxyl groups is 1. The Morgan fingerprint density at radius 2 is 1.59 bits per heavy atom. The topological polar surface area (TPSA) is 20.2 Å². The van der Waals surface area contributed by atoms with Crippen LogP contribution >= 0.6 is 0 Å². The van der Waals surface area contributed by atoms with Crippen molar-refractivity contribution < 1.29 is 5.11 Å². The van der Waals surface area contributed by atoms with Crippen molar-refractivity contribution in [1.82, 2.24) is 0 Å². The highest BCUT2D eigenvalue weighted by molar-refractivity contribution is 5.10. The van der Waals surface area contributed by atoms with E-state index in [1.54, 1.807) is 0 Å². The van der Waals surface area contributed by atoms with Gasteiger partial charge in [0.05, 0.1) is 6.10 Å². The van der Waals surface area contributed by atoms with E-state index in [4.69, 9.17) is 0 Å². The zero-order chi connectivity index (χ0) is 23.3. The summed E-state index contributed by atoms with van der Waals surface area (Å²) in [5.74, 6) is 6.76.